The second-order valence-corrected chi connectivity index (χ2v) is 6.62. The molecule has 1 atom stereocenters. The van der Waals surface area contributed by atoms with E-state index >= 15 is 0 Å². The number of ether oxygens (including phenoxy) is 2. The van der Waals surface area contributed by atoms with Crippen molar-refractivity contribution in [1.82, 2.24) is 0 Å². The molecule has 164 valence electrons. The van der Waals surface area contributed by atoms with Crippen molar-refractivity contribution in [2.75, 3.05) is 0 Å². The van der Waals surface area contributed by atoms with Gasteiger partial charge in [0.05, 0.1) is 11.1 Å². The Bertz CT molecular complexity index is 1020. The van der Waals surface area contributed by atoms with Gasteiger partial charge in [0.1, 0.15) is 17.0 Å². The number of hydrogen-bond acceptors (Lipinski definition) is 4. The fourth-order valence-corrected chi connectivity index (χ4v) is 3.03. The van der Waals surface area contributed by atoms with E-state index in [-0.39, 0.29) is 11.3 Å². The lowest BCUT2D eigenvalue weighted by molar-refractivity contribution is -0.274. The minimum absolute atomic E-state index is 0.0175. The van der Waals surface area contributed by atoms with Crippen LogP contribution in [0.25, 0.3) is 0 Å². The lowest BCUT2D eigenvalue weighted by Gasteiger charge is -2.23. The Hall–Kier alpha value is -3.30. The summed E-state index contributed by atoms with van der Waals surface area (Å²) in [6.45, 7) is 1.75. The molecule has 0 aliphatic carbocycles. The number of alkyl halides is 6. The Kier molecular flexibility index (Phi) is 5.84. The van der Waals surface area contributed by atoms with Gasteiger partial charge in [0.2, 0.25) is 0 Å². The lowest BCUT2D eigenvalue weighted by Crippen LogP contribution is -2.19. The maximum Gasteiger partial charge on any atom is 0.573 e. The third-order valence-electron chi connectivity index (χ3n) is 4.56. The van der Waals surface area contributed by atoms with E-state index < -0.39 is 35.4 Å². The summed E-state index contributed by atoms with van der Waals surface area (Å²) in [5, 5.41) is 0. The van der Waals surface area contributed by atoms with Crippen LogP contribution in [0.15, 0.2) is 65.2 Å². The maximum atomic E-state index is 12.8. The third-order valence-corrected chi connectivity index (χ3v) is 4.56. The highest BCUT2D eigenvalue weighted by atomic mass is 19.4. The van der Waals surface area contributed by atoms with Gasteiger partial charge >= 0.3 is 18.5 Å². The number of halogens is 6. The van der Waals surface area contributed by atoms with Gasteiger partial charge in [-0.3, -0.25) is 4.99 Å². The van der Waals surface area contributed by atoms with Gasteiger partial charge in [-0.2, -0.15) is 13.2 Å². The zero-order valence-corrected chi connectivity index (χ0v) is 15.9. The van der Waals surface area contributed by atoms with E-state index in [0.29, 0.717) is 12.0 Å². The molecule has 0 saturated heterocycles. The van der Waals surface area contributed by atoms with Gasteiger partial charge in [0.15, 0.2) is 0 Å². The fourth-order valence-electron chi connectivity index (χ4n) is 3.03. The van der Waals surface area contributed by atoms with Crippen LogP contribution >= 0.6 is 0 Å². The molecular formula is C21H15F6NO3. The van der Waals surface area contributed by atoms with Crippen LogP contribution < -0.4 is 9.47 Å². The fraction of sp³-hybridized carbons (Fsp3) is 0.238. The maximum absolute atomic E-state index is 12.8. The van der Waals surface area contributed by atoms with Crippen molar-refractivity contribution >= 4 is 12.2 Å². The van der Waals surface area contributed by atoms with Crippen LogP contribution in [0.2, 0.25) is 0 Å². The van der Waals surface area contributed by atoms with E-state index in [4.69, 9.17) is 4.74 Å². The Morgan fingerprint density at radius 2 is 1.65 bits per heavy atom. The molecule has 1 aliphatic heterocycles. The molecule has 2 aromatic carbocycles. The van der Waals surface area contributed by atoms with E-state index in [9.17, 15) is 31.1 Å². The van der Waals surface area contributed by atoms with Crippen LogP contribution in [0.1, 0.15) is 24.5 Å². The van der Waals surface area contributed by atoms with Crippen molar-refractivity contribution in [2.24, 2.45) is 4.99 Å². The summed E-state index contributed by atoms with van der Waals surface area (Å²) < 4.78 is 84.3. The molecule has 1 aliphatic rings. The summed E-state index contributed by atoms with van der Waals surface area (Å²) in [5.74, 6) is -1.61. The van der Waals surface area contributed by atoms with Crippen molar-refractivity contribution < 1.29 is 40.6 Å². The van der Waals surface area contributed by atoms with Gasteiger partial charge in [-0.25, -0.2) is 4.79 Å². The van der Waals surface area contributed by atoms with Crippen LogP contribution in [-0.2, 0) is 16.5 Å². The average molecular weight is 443 g/mol. The molecule has 0 aromatic heterocycles. The minimum atomic E-state index is -4.90. The predicted octanol–water partition coefficient (Wildman–Crippen LogP) is 5.83. The number of aliphatic imine (C=N–C) groups is 1. The van der Waals surface area contributed by atoms with Crippen molar-refractivity contribution in [2.45, 2.75) is 31.4 Å². The van der Waals surface area contributed by atoms with Gasteiger partial charge in [-0.15, -0.1) is 13.2 Å². The zero-order valence-electron chi connectivity index (χ0n) is 15.9. The number of carbonyl (C=O) groups is 1. The predicted molar refractivity (Wildman–Crippen MR) is 98.7 cm³/mol. The number of carbonyl (C=O) groups excluding carboxylic acids is 1. The first-order valence-electron chi connectivity index (χ1n) is 8.96. The zero-order chi connectivity index (χ0) is 22.9. The Balaban J connectivity index is 1.79. The Morgan fingerprint density at radius 1 is 1.00 bits per heavy atom. The normalized spacial score (nSPS) is 18.6. The molecule has 0 spiro atoms. The number of esters is 1. The van der Waals surface area contributed by atoms with Crippen molar-refractivity contribution in [3.63, 3.8) is 0 Å². The molecule has 10 heteroatoms. The molecule has 0 saturated carbocycles. The van der Waals surface area contributed by atoms with E-state index in [1.807, 2.05) is 0 Å². The smallest absolute Gasteiger partial charge is 0.423 e. The number of nitrogens with zero attached hydrogens (tertiary/aromatic N) is 1. The number of rotatable bonds is 5. The molecule has 1 unspecified atom stereocenters. The molecule has 1 heterocycles. The van der Waals surface area contributed by atoms with Crippen molar-refractivity contribution in [1.29, 1.82) is 0 Å². The van der Waals surface area contributed by atoms with Crippen molar-refractivity contribution in [3.8, 4) is 11.5 Å². The molecule has 0 radical (unpaired) electrons. The number of hydrogen-bond donors (Lipinski definition) is 0. The van der Waals surface area contributed by atoms with E-state index in [1.165, 1.54) is 36.6 Å². The lowest BCUT2D eigenvalue weighted by atomic mass is 9.87. The van der Waals surface area contributed by atoms with Gasteiger partial charge in [0, 0.05) is 12.3 Å². The minimum Gasteiger partial charge on any atom is -0.423 e. The molecule has 2 aromatic rings. The Labute approximate surface area is 172 Å². The standard InChI is InChI=1S/C21H15F6NO3/c1-2-19(14-6-8-15(9-7-14)20(22,23)24)11-13(12-28-19)18(29)30-16-4-3-5-17(10-16)31-21(25,26)27/h3-12H,2H2,1H3. The second kappa shape index (κ2) is 8.09. The molecular weight excluding hydrogens is 428 g/mol. The first-order valence-corrected chi connectivity index (χ1v) is 8.96. The van der Waals surface area contributed by atoms with Crippen LogP contribution in [0, 0.1) is 0 Å². The summed E-state index contributed by atoms with van der Waals surface area (Å²) in [6.07, 6.45) is -6.36. The second-order valence-electron chi connectivity index (χ2n) is 6.62. The van der Waals surface area contributed by atoms with Crippen LogP contribution in [0.5, 0.6) is 11.5 Å². The first-order chi connectivity index (χ1) is 14.4. The summed E-state index contributed by atoms with van der Waals surface area (Å²) >= 11 is 0. The molecule has 3 rings (SSSR count). The molecule has 0 fully saturated rings. The van der Waals surface area contributed by atoms with Gasteiger partial charge in [-0.05, 0) is 42.3 Å². The van der Waals surface area contributed by atoms with Gasteiger partial charge < -0.3 is 9.47 Å². The largest absolute Gasteiger partial charge is 0.573 e. The van der Waals surface area contributed by atoms with Crippen LogP contribution in [0.3, 0.4) is 0 Å². The SMILES string of the molecule is CCC1(c2ccc(C(F)(F)F)cc2)C=C(C(=O)Oc2cccc(OC(F)(F)F)c2)C=N1. The van der Waals surface area contributed by atoms with Crippen molar-refractivity contribution in [3.05, 3.63) is 71.3 Å². The summed E-state index contributed by atoms with van der Waals surface area (Å²) in [6, 6.07) is 8.88. The topological polar surface area (TPSA) is 47.9 Å². The quantitative estimate of drug-likeness (QED) is 0.332. The summed E-state index contributed by atoms with van der Waals surface area (Å²) in [5.41, 5.74) is -1.40. The van der Waals surface area contributed by atoms with E-state index in [0.717, 1.165) is 24.3 Å². The van der Waals surface area contributed by atoms with E-state index in [2.05, 4.69) is 9.73 Å². The molecule has 4 nitrogen and oxygen atoms in total. The van der Waals surface area contributed by atoms with Gasteiger partial charge in [-0.1, -0.05) is 25.1 Å². The third kappa shape index (κ3) is 5.25. The number of benzene rings is 2. The molecule has 31 heavy (non-hydrogen) atoms. The van der Waals surface area contributed by atoms with Crippen LogP contribution in [-0.4, -0.2) is 18.5 Å². The van der Waals surface area contributed by atoms with Crippen LogP contribution in [0.4, 0.5) is 26.3 Å². The molecule has 0 bridgehead atoms. The van der Waals surface area contributed by atoms with Gasteiger partial charge in [0.25, 0.3) is 0 Å². The summed E-state index contributed by atoms with van der Waals surface area (Å²) in [7, 11) is 0. The monoisotopic (exact) mass is 443 g/mol. The Morgan fingerprint density at radius 3 is 2.23 bits per heavy atom. The average Bonchev–Trinajstić information content (AvgIpc) is 3.12. The van der Waals surface area contributed by atoms with E-state index in [1.54, 1.807) is 6.92 Å². The summed E-state index contributed by atoms with van der Waals surface area (Å²) in [4.78, 5) is 16.7. The molecule has 0 amide bonds. The highest BCUT2D eigenvalue weighted by molar-refractivity contribution is 6.11. The molecule has 0 N–H and O–H groups in total. The highest BCUT2D eigenvalue weighted by Crippen LogP contribution is 2.38. The highest BCUT2D eigenvalue weighted by Gasteiger charge is 2.35. The first kappa shape index (κ1) is 22.4.